The summed E-state index contributed by atoms with van der Waals surface area (Å²) >= 11 is 0. The van der Waals surface area contributed by atoms with Gasteiger partial charge in [-0.15, -0.1) is 0 Å². The Hall–Kier alpha value is -2.37. The van der Waals surface area contributed by atoms with Crippen LogP contribution in [0.2, 0.25) is 0 Å². The quantitative estimate of drug-likeness (QED) is 0.851. The van der Waals surface area contributed by atoms with Crippen LogP contribution in [0.5, 0.6) is 0 Å². The molecule has 6 heteroatoms. The predicted molar refractivity (Wildman–Crippen MR) is 106 cm³/mol. The zero-order valence-electron chi connectivity index (χ0n) is 16.2. The molecule has 0 unspecified atom stereocenters. The summed E-state index contributed by atoms with van der Waals surface area (Å²) in [6.45, 7) is 2.47. The number of likely N-dealkylation sites (tertiary alicyclic amines) is 1. The van der Waals surface area contributed by atoms with E-state index in [1.54, 1.807) is 12.1 Å². The number of hydrogen-bond donors (Lipinski definition) is 1. The van der Waals surface area contributed by atoms with E-state index in [1.807, 2.05) is 17.2 Å². The molecule has 148 valence electrons. The highest BCUT2D eigenvalue weighted by Crippen LogP contribution is 2.44. The third-order valence-electron chi connectivity index (χ3n) is 6.95. The lowest BCUT2D eigenvalue weighted by atomic mass is 9.77. The van der Waals surface area contributed by atoms with Crippen LogP contribution in [-0.2, 0) is 12.0 Å². The molecule has 1 saturated heterocycles. The van der Waals surface area contributed by atoms with Crippen molar-refractivity contribution in [2.75, 3.05) is 13.1 Å². The normalized spacial score (nSPS) is 21.2. The van der Waals surface area contributed by atoms with Crippen molar-refractivity contribution in [3.63, 3.8) is 0 Å². The first-order chi connectivity index (χ1) is 13.6. The maximum atomic E-state index is 13.7. The zero-order valence-corrected chi connectivity index (χ0v) is 16.2. The van der Waals surface area contributed by atoms with Crippen molar-refractivity contribution in [2.45, 2.75) is 62.9 Å². The number of hydrogen-bond acceptors (Lipinski definition) is 2. The van der Waals surface area contributed by atoms with Crippen molar-refractivity contribution in [1.82, 2.24) is 19.8 Å². The number of carbonyl (C=O) groups is 1. The molecular formula is C22H27FN4O. The number of carbonyl (C=O) groups excluding carboxylic acids is 1. The molecule has 2 aliphatic heterocycles. The lowest BCUT2D eigenvalue weighted by molar-refractivity contribution is 0.153. The number of aromatic nitrogens is 2. The average molecular weight is 382 g/mol. The van der Waals surface area contributed by atoms with Crippen molar-refractivity contribution in [1.29, 1.82) is 0 Å². The highest BCUT2D eigenvalue weighted by atomic mass is 19.1. The molecule has 0 radical (unpaired) electrons. The van der Waals surface area contributed by atoms with E-state index in [9.17, 15) is 9.18 Å². The Morgan fingerprint density at radius 2 is 1.89 bits per heavy atom. The summed E-state index contributed by atoms with van der Waals surface area (Å²) in [5.74, 6) is 0.893. The number of benzene rings is 1. The summed E-state index contributed by atoms with van der Waals surface area (Å²) in [5, 5.41) is 3.21. The standard InChI is InChI=1S/C22H27FN4O/c23-17-5-3-4-16(14-17)19-15-24-20-22(10-13-27(19)20)8-11-26(12-9-22)21(28)25-18-6-1-2-7-18/h3-5,14-15,18H,1-2,6-13H2,(H,25,28). The molecular weight excluding hydrogens is 355 g/mol. The van der Waals surface area contributed by atoms with E-state index in [0.29, 0.717) is 6.04 Å². The molecule has 0 atom stereocenters. The molecule has 0 bridgehead atoms. The fourth-order valence-corrected chi connectivity index (χ4v) is 5.29. The van der Waals surface area contributed by atoms with Gasteiger partial charge in [-0.3, -0.25) is 0 Å². The SMILES string of the molecule is O=C(NC1CCCC1)N1CCC2(CC1)CCn1c(-c3cccc(F)c3)cnc12. The first-order valence-corrected chi connectivity index (χ1v) is 10.5. The molecule has 1 aliphatic carbocycles. The number of nitrogens with one attached hydrogen (secondary N) is 1. The summed E-state index contributed by atoms with van der Waals surface area (Å²) in [4.78, 5) is 19.3. The fourth-order valence-electron chi connectivity index (χ4n) is 5.29. The number of amides is 2. The van der Waals surface area contributed by atoms with E-state index < -0.39 is 0 Å². The Balaban J connectivity index is 1.30. The number of piperidine rings is 1. The second kappa shape index (κ2) is 6.90. The number of halogens is 1. The predicted octanol–water partition coefficient (Wildman–Crippen LogP) is 4.08. The monoisotopic (exact) mass is 382 g/mol. The molecule has 1 aromatic carbocycles. The second-order valence-corrected chi connectivity index (χ2v) is 8.58. The number of imidazole rings is 1. The van der Waals surface area contributed by atoms with Crippen LogP contribution in [0.1, 0.15) is 50.8 Å². The molecule has 5 nitrogen and oxygen atoms in total. The van der Waals surface area contributed by atoms with Gasteiger partial charge in [0.25, 0.3) is 0 Å². The Morgan fingerprint density at radius 1 is 1.14 bits per heavy atom. The highest BCUT2D eigenvalue weighted by molar-refractivity contribution is 5.74. The van der Waals surface area contributed by atoms with Gasteiger partial charge in [0, 0.05) is 36.7 Å². The number of fused-ring (bicyclic) bond motifs is 2. The van der Waals surface area contributed by atoms with E-state index in [4.69, 9.17) is 4.98 Å². The van der Waals surface area contributed by atoms with Crippen LogP contribution in [0.3, 0.4) is 0 Å². The largest absolute Gasteiger partial charge is 0.335 e. The summed E-state index contributed by atoms with van der Waals surface area (Å²) in [5.41, 5.74) is 1.92. The Labute approximate surface area is 164 Å². The van der Waals surface area contributed by atoms with Crippen molar-refractivity contribution in [3.8, 4) is 11.3 Å². The third kappa shape index (κ3) is 2.99. The lowest BCUT2D eigenvalue weighted by Crippen LogP contribution is -2.50. The van der Waals surface area contributed by atoms with Gasteiger partial charge < -0.3 is 14.8 Å². The number of rotatable bonds is 2. The van der Waals surface area contributed by atoms with E-state index in [1.165, 1.54) is 18.9 Å². The van der Waals surface area contributed by atoms with E-state index in [0.717, 1.165) is 68.8 Å². The van der Waals surface area contributed by atoms with E-state index in [-0.39, 0.29) is 17.3 Å². The molecule has 2 fully saturated rings. The molecule has 3 heterocycles. The van der Waals surface area contributed by atoms with Gasteiger partial charge >= 0.3 is 6.03 Å². The van der Waals surface area contributed by atoms with Crippen molar-refractivity contribution in [2.24, 2.45) is 0 Å². The number of nitrogens with zero attached hydrogens (tertiary/aromatic N) is 3. The molecule has 1 saturated carbocycles. The minimum Gasteiger partial charge on any atom is -0.335 e. The maximum absolute atomic E-state index is 13.7. The van der Waals surface area contributed by atoms with Crippen LogP contribution in [0.15, 0.2) is 30.5 Å². The van der Waals surface area contributed by atoms with Crippen molar-refractivity contribution >= 4 is 6.03 Å². The molecule has 1 spiro atoms. The third-order valence-corrected chi connectivity index (χ3v) is 6.95. The lowest BCUT2D eigenvalue weighted by Gasteiger charge is -2.38. The molecule has 1 aromatic heterocycles. The van der Waals surface area contributed by atoms with E-state index >= 15 is 0 Å². The first-order valence-electron chi connectivity index (χ1n) is 10.5. The summed E-state index contributed by atoms with van der Waals surface area (Å²) in [6.07, 6.45) is 9.51. The minimum atomic E-state index is -0.220. The van der Waals surface area contributed by atoms with Crippen LogP contribution in [0.4, 0.5) is 9.18 Å². The highest BCUT2D eigenvalue weighted by Gasteiger charge is 2.44. The Bertz CT molecular complexity index is 878. The van der Waals surface area contributed by atoms with Gasteiger partial charge in [0.1, 0.15) is 11.6 Å². The van der Waals surface area contributed by atoms with Gasteiger partial charge in [0.05, 0.1) is 11.9 Å². The van der Waals surface area contributed by atoms with Crippen LogP contribution in [0.25, 0.3) is 11.3 Å². The van der Waals surface area contributed by atoms with Crippen LogP contribution in [0, 0.1) is 5.82 Å². The van der Waals surface area contributed by atoms with Crippen LogP contribution in [-0.4, -0.2) is 39.6 Å². The smallest absolute Gasteiger partial charge is 0.317 e. The molecule has 3 aliphatic rings. The minimum absolute atomic E-state index is 0.0513. The van der Waals surface area contributed by atoms with E-state index in [2.05, 4.69) is 9.88 Å². The zero-order chi connectivity index (χ0) is 19.1. The second-order valence-electron chi connectivity index (χ2n) is 8.58. The molecule has 1 N–H and O–H groups in total. The topological polar surface area (TPSA) is 50.2 Å². The van der Waals surface area contributed by atoms with Crippen molar-refractivity contribution in [3.05, 3.63) is 42.1 Å². The van der Waals surface area contributed by atoms with Crippen LogP contribution < -0.4 is 5.32 Å². The summed E-state index contributed by atoms with van der Waals surface area (Å²) in [6, 6.07) is 7.20. The molecule has 2 amide bonds. The van der Waals surface area contributed by atoms with Gasteiger partial charge in [-0.2, -0.15) is 0 Å². The Kier molecular flexibility index (Phi) is 4.37. The van der Waals surface area contributed by atoms with Gasteiger partial charge in [-0.1, -0.05) is 25.0 Å². The van der Waals surface area contributed by atoms with Gasteiger partial charge in [-0.25, -0.2) is 14.2 Å². The summed E-state index contributed by atoms with van der Waals surface area (Å²) in [7, 11) is 0. The first kappa shape index (κ1) is 17.7. The molecule has 28 heavy (non-hydrogen) atoms. The van der Waals surface area contributed by atoms with Gasteiger partial charge in [-0.05, 0) is 44.2 Å². The summed E-state index contributed by atoms with van der Waals surface area (Å²) < 4.78 is 15.9. The van der Waals surface area contributed by atoms with Gasteiger partial charge in [0.15, 0.2) is 0 Å². The van der Waals surface area contributed by atoms with Crippen LogP contribution >= 0.6 is 0 Å². The fraction of sp³-hybridized carbons (Fsp3) is 0.545. The number of urea groups is 1. The molecule has 2 aromatic rings. The average Bonchev–Trinajstić information content (AvgIpc) is 3.42. The Morgan fingerprint density at radius 3 is 2.64 bits per heavy atom. The molecule has 5 rings (SSSR count). The van der Waals surface area contributed by atoms with Gasteiger partial charge in [0.2, 0.25) is 0 Å². The maximum Gasteiger partial charge on any atom is 0.317 e. The van der Waals surface area contributed by atoms with Crippen molar-refractivity contribution < 1.29 is 9.18 Å².